The van der Waals surface area contributed by atoms with Gasteiger partial charge >= 0.3 is 51.4 Å². The molecule has 0 saturated carbocycles. The molecule has 0 aliphatic carbocycles. The van der Waals surface area contributed by atoms with Crippen molar-refractivity contribution >= 4 is 5.97 Å². The van der Waals surface area contributed by atoms with Gasteiger partial charge in [0, 0.05) is 6.54 Å². The Bertz CT molecular complexity index is 252. The number of rotatable bonds is 4. The van der Waals surface area contributed by atoms with Crippen molar-refractivity contribution in [3.05, 3.63) is 12.7 Å². The Hall–Kier alpha value is 0.206. The van der Waals surface area contributed by atoms with Gasteiger partial charge in [-0.05, 0) is 6.42 Å². The smallest absolute Gasteiger partial charge is 0.547 e. The van der Waals surface area contributed by atoms with Gasteiger partial charge in [0.15, 0.2) is 0 Å². The number of carbonyl (C=O) groups excluding carboxylic acids is 1. The molecule has 1 unspecified atom stereocenters. The molecule has 1 atom stereocenters. The molecule has 1 N–H and O–H groups in total. The van der Waals surface area contributed by atoms with Crippen molar-refractivity contribution in [2.45, 2.75) is 19.1 Å². The quantitative estimate of drug-likeness (QED) is 0.500. The Morgan fingerprint density at radius 3 is 2.85 bits per heavy atom. The summed E-state index contributed by atoms with van der Waals surface area (Å²) in [5.41, 5.74) is 0. The molecule has 7 heteroatoms. The summed E-state index contributed by atoms with van der Waals surface area (Å²) in [6, 6.07) is 0. The minimum absolute atomic E-state index is 0. The van der Waals surface area contributed by atoms with E-state index in [1.165, 1.54) is 17.3 Å². The second kappa shape index (κ2) is 6.63. The molecule has 0 aliphatic rings. The number of aryl methyl sites for hydroxylation is 1. The summed E-state index contributed by atoms with van der Waals surface area (Å²) in [4.78, 5) is 13.7. The standard InChI is InChI=1S/C6H9N3O3.K/c10-5(6(11)12)1-2-9-4-7-3-8-9;/h3-5,10H,1-2H2,(H,11,12);/q;+1/p-1. The van der Waals surface area contributed by atoms with Gasteiger partial charge in [-0.3, -0.25) is 4.68 Å². The zero-order chi connectivity index (χ0) is 8.97. The van der Waals surface area contributed by atoms with Crippen LogP contribution < -0.4 is 56.5 Å². The maximum absolute atomic E-state index is 10.1. The molecule has 0 fully saturated rings. The molecule has 0 aromatic carbocycles. The number of aromatic nitrogens is 3. The molecule has 6 nitrogen and oxygen atoms in total. The Morgan fingerprint density at radius 2 is 2.38 bits per heavy atom. The minimum atomic E-state index is -1.46. The van der Waals surface area contributed by atoms with Crippen LogP contribution in [-0.2, 0) is 11.3 Å². The Labute approximate surface area is 117 Å². The van der Waals surface area contributed by atoms with Crippen LogP contribution in [0.3, 0.4) is 0 Å². The Kier molecular flexibility index (Phi) is 6.73. The van der Waals surface area contributed by atoms with Crippen LogP contribution >= 0.6 is 0 Å². The van der Waals surface area contributed by atoms with Crippen LogP contribution in [0.5, 0.6) is 0 Å². The molecule has 1 aromatic rings. The second-order valence-electron chi connectivity index (χ2n) is 2.28. The summed E-state index contributed by atoms with van der Waals surface area (Å²) in [7, 11) is 0. The summed E-state index contributed by atoms with van der Waals surface area (Å²) in [6.07, 6.45) is 1.42. The molecule has 0 bridgehead atoms. The van der Waals surface area contributed by atoms with E-state index in [9.17, 15) is 9.90 Å². The van der Waals surface area contributed by atoms with E-state index in [2.05, 4.69) is 10.1 Å². The van der Waals surface area contributed by atoms with E-state index < -0.39 is 12.1 Å². The molecule has 0 saturated heterocycles. The largest absolute Gasteiger partial charge is 1.00 e. The summed E-state index contributed by atoms with van der Waals surface area (Å²) >= 11 is 0. The third-order valence-electron chi connectivity index (χ3n) is 1.37. The van der Waals surface area contributed by atoms with Gasteiger partial charge in [0.05, 0.1) is 12.1 Å². The van der Waals surface area contributed by atoms with Crippen molar-refractivity contribution in [3.63, 3.8) is 0 Å². The first-order valence-corrected chi connectivity index (χ1v) is 3.41. The van der Waals surface area contributed by atoms with Gasteiger partial charge in [-0.15, -0.1) is 0 Å². The van der Waals surface area contributed by atoms with Crippen LogP contribution in [0.15, 0.2) is 12.7 Å². The van der Waals surface area contributed by atoms with Gasteiger partial charge in [-0.1, -0.05) is 0 Å². The molecule has 0 amide bonds. The maximum Gasteiger partial charge on any atom is 1.00 e. The average molecular weight is 209 g/mol. The second-order valence-corrected chi connectivity index (χ2v) is 2.28. The predicted molar refractivity (Wildman–Crippen MR) is 35.7 cm³/mol. The Morgan fingerprint density at radius 1 is 1.69 bits per heavy atom. The fourth-order valence-corrected chi connectivity index (χ4v) is 0.721. The number of nitrogens with zero attached hydrogens (tertiary/aromatic N) is 3. The third kappa shape index (κ3) is 4.84. The fourth-order valence-electron chi connectivity index (χ4n) is 0.721. The topological polar surface area (TPSA) is 91.1 Å². The number of aliphatic carboxylic acids is 1. The first kappa shape index (κ1) is 13.2. The van der Waals surface area contributed by atoms with E-state index in [0.29, 0.717) is 6.54 Å². The zero-order valence-electron chi connectivity index (χ0n) is 7.25. The van der Waals surface area contributed by atoms with Crippen LogP contribution in [0.2, 0.25) is 0 Å². The molecule has 0 radical (unpaired) electrons. The van der Waals surface area contributed by atoms with Crippen molar-refractivity contribution in [1.82, 2.24) is 14.8 Å². The number of hydrogen-bond acceptors (Lipinski definition) is 5. The van der Waals surface area contributed by atoms with E-state index in [1.54, 1.807) is 0 Å². The van der Waals surface area contributed by atoms with Gasteiger partial charge in [0.25, 0.3) is 0 Å². The normalized spacial score (nSPS) is 11.8. The zero-order valence-corrected chi connectivity index (χ0v) is 10.4. The molecular formula is C6H8KN3O3. The third-order valence-corrected chi connectivity index (χ3v) is 1.37. The van der Waals surface area contributed by atoms with Gasteiger partial charge < -0.3 is 15.0 Å². The molecular weight excluding hydrogens is 201 g/mol. The van der Waals surface area contributed by atoms with Crippen LogP contribution in [0.25, 0.3) is 0 Å². The summed E-state index contributed by atoms with van der Waals surface area (Å²) < 4.78 is 1.44. The number of aliphatic hydroxyl groups excluding tert-OH is 1. The first-order valence-electron chi connectivity index (χ1n) is 3.41. The molecule has 1 rings (SSSR count). The fraction of sp³-hybridized carbons (Fsp3) is 0.500. The molecule has 0 spiro atoms. The van der Waals surface area contributed by atoms with Crippen molar-refractivity contribution in [2.75, 3.05) is 0 Å². The molecule has 66 valence electrons. The number of aliphatic hydroxyl groups is 1. The summed E-state index contributed by atoms with van der Waals surface area (Å²) in [5, 5.41) is 22.6. The van der Waals surface area contributed by atoms with Crippen LogP contribution in [-0.4, -0.2) is 31.9 Å². The van der Waals surface area contributed by atoms with Crippen LogP contribution in [0, 0.1) is 0 Å². The molecule has 1 heterocycles. The van der Waals surface area contributed by atoms with E-state index in [1.807, 2.05) is 0 Å². The van der Waals surface area contributed by atoms with Gasteiger partial charge in [0.2, 0.25) is 0 Å². The number of hydrogen-bond donors (Lipinski definition) is 1. The van der Waals surface area contributed by atoms with Gasteiger partial charge in [-0.2, -0.15) is 5.10 Å². The maximum atomic E-state index is 10.1. The van der Waals surface area contributed by atoms with Crippen molar-refractivity contribution in [1.29, 1.82) is 0 Å². The average Bonchev–Trinajstić information content (AvgIpc) is 2.51. The van der Waals surface area contributed by atoms with E-state index >= 15 is 0 Å². The van der Waals surface area contributed by atoms with Crippen LogP contribution in [0.1, 0.15) is 6.42 Å². The first-order chi connectivity index (χ1) is 5.70. The molecule has 0 aliphatic heterocycles. The van der Waals surface area contributed by atoms with E-state index in [4.69, 9.17) is 5.11 Å². The predicted octanol–water partition coefficient (Wildman–Crippen LogP) is -5.22. The van der Waals surface area contributed by atoms with Crippen molar-refractivity contribution in [2.24, 2.45) is 0 Å². The van der Waals surface area contributed by atoms with Crippen molar-refractivity contribution in [3.8, 4) is 0 Å². The van der Waals surface area contributed by atoms with E-state index in [0.717, 1.165) is 0 Å². The Balaban J connectivity index is 0.00000144. The number of carboxylic acids is 1. The molecule has 13 heavy (non-hydrogen) atoms. The summed E-state index contributed by atoms with van der Waals surface area (Å²) in [5.74, 6) is -1.46. The van der Waals surface area contributed by atoms with Crippen molar-refractivity contribution < 1.29 is 66.4 Å². The molecule has 1 aromatic heterocycles. The summed E-state index contributed by atoms with van der Waals surface area (Å²) in [6.45, 7) is 0.315. The van der Waals surface area contributed by atoms with Crippen LogP contribution in [0.4, 0.5) is 0 Å². The monoisotopic (exact) mass is 209 g/mol. The van der Waals surface area contributed by atoms with Gasteiger partial charge in [0.1, 0.15) is 12.7 Å². The SMILES string of the molecule is O=C([O-])C(O)CCn1cncn1.[K+]. The minimum Gasteiger partial charge on any atom is -0.547 e. The number of carbonyl (C=O) groups is 1. The van der Waals surface area contributed by atoms with E-state index in [-0.39, 0.29) is 57.8 Å². The van der Waals surface area contributed by atoms with Gasteiger partial charge in [-0.25, -0.2) is 4.98 Å². The number of carboxylic acid groups (broad SMARTS) is 1.